The van der Waals surface area contributed by atoms with Gasteiger partial charge in [-0.2, -0.15) is 0 Å². The van der Waals surface area contributed by atoms with E-state index in [0.29, 0.717) is 48.5 Å². The van der Waals surface area contributed by atoms with Gasteiger partial charge in [0, 0.05) is 32.1 Å². The molecule has 2 aromatic rings. The number of rotatable bonds is 3. The number of hydrogen-bond donors (Lipinski definition) is 1. The third-order valence-corrected chi connectivity index (χ3v) is 3.86. The molecule has 0 atom stereocenters. The Kier molecular flexibility index (Phi) is 5.45. The molecule has 0 radical (unpaired) electrons. The monoisotopic (exact) mass is 325 g/mol. The van der Waals surface area contributed by atoms with Crippen molar-refractivity contribution in [3.05, 3.63) is 39.7 Å². The van der Waals surface area contributed by atoms with Crippen molar-refractivity contribution in [3.63, 3.8) is 0 Å². The predicted molar refractivity (Wildman–Crippen MR) is 86.9 cm³/mol. The molecule has 22 heavy (non-hydrogen) atoms. The summed E-state index contributed by atoms with van der Waals surface area (Å²) in [6, 6.07) is 4.72. The van der Waals surface area contributed by atoms with E-state index in [1.807, 2.05) is 6.92 Å². The Morgan fingerprint density at radius 3 is 2.68 bits per heavy atom. The number of phenols is 1. The van der Waals surface area contributed by atoms with Gasteiger partial charge in [0.2, 0.25) is 0 Å². The van der Waals surface area contributed by atoms with Crippen LogP contribution in [0.2, 0.25) is 0 Å². The summed E-state index contributed by atoms with van der Waals surface area (Å²) in [5, 5.41) is 10.7. The average molecular weight is 326 g/mol. The molecule has 1 aromatic carbocycles. The van der Waals surface area contributed by atoms with Crippen molar-refractivity contribution in [2.24, 2.45) is 0 Å². The molecule has 1 aliphatic heterocycles. The van der Waals surface area contributed by atoms with Gasteiger partial charge in [-0.25, -0.2) is 0 Å². The number of aromatic hydroxyl groups is 1. The molecule has 120 valence electrons. The van der Waals surface area contributed by atoms with E-state index < -0.39 is 0 Å². The van der Waals surface area contributed by atoms with Crippen LogP contribution in [0.15, 0.2) is 27.4 Å². The van der Waals surface area contributed by atoms with Crippen LogP contribution in [0.25, 0.3) is 11.0 Å². The molecule has 1 N–H and O–H groups in total. The number of aryl methyl sites for hydroxylation is 1. The van der Waals surface area contributed by atoms with Crippen molar-refractivity contribution in [2.75, 3.05) is 26.3 Å². The summed E-state index contributed by atoms with van der Waals surface area (Å²) in [6.45, 7) is 5.50. The highest BCUT2D eigenvalue weighted by Crippen LogP contribution is 2.28. The fourth-order valence-electron chi connectivity index (χ4n) is 2.62. The largest absolute Gasteiger partial charge is 0.507 e. The van der Waals surface area contributed by atoms with E-state index in [4.69, 9.17) is 9.15 Å². The van der Waals surface area contributed by atoms with Gasteiger partial charge >= 0.3 is 0 Å². The van der Waals surface area contributed by atoms with Gasteiger partial charge in [0.1, 0.15) is 17.1 Å². The fraction of sp³-hybridized carbons (Fsp3) is 0.438. The number of hydrogen-bond acceptors (Lipinski definition) is 5. The highest BCUT2D eigenvalue weighted by molar-refractivity contribution is 5.85. The lowest BCUT2D eigenvalue weighted by Crippen LogP contribution is -2.35. The van der Waals surface area contributed by atoms with Gasteiger partial charge in [-0.05, 0) is 12.1 Å². The number of ether oxygens (including phenoxy) is 1. The number of halogens is 1. The minimum atomic E-state index is -0.0590. The van der Waals surface area contributed by atoms with Crippen molar-refractivity contribution < 1.29 is 14.3 Å². The molecule has 1 fully saturated rings. The van der Waals surface area contributed by atoms with Gasteiger partial charge in [-0.3, -0.25) is 9.69 Å². The Balaban J connectivity index is 0.00000176. The summed E-state index contributed by atoms with van der Waals surface area (Å²) >= 11 is 0. The summed E-state index contributed by atoms with van der Waals surface area (Å²) in [5.74, 6) is 0.812. The first-order valence-electron chi connectivity index (χ1n) is 7.26. The normalized spacial score (nSPS) is 15.7. The highest BCUT2D eigenvalue weighted by Gasteiger charge is 2.17. The first kappa shape index (κ1) is 16.8. The van der Waals surface area contributed by atoms with Gasteiger partial charge < -0.3 is 14.3 Å². The smallest absolute Gasteiger partial charge is 0.192 e. The Morgan fingerprint density at radius 2 is 2.00 bits per heavy atom. The summed E-state index contributed by atoms with van der Waals surface area (Å²) in [6.07, 6.45) is 0.651. The van der Waals surface area contributed by atoms with E-state index in [1.54, 1.807) is 12.1 Å². The standard InChI is InChI=1S/C16H19NO4.ClH/c1-2-11-9-15(19)12-3-4-14(18)13(16(12)21-11)10-17-5-7-20-8-6-17;/h3-4,9,18H,2,5-8,10H2,1H3;1H. The van der Waals surface area contributed by atoms with Crippen LogP contribution in [0.3, 0.4) is 0 Å². The Bertz CT molecular complexity index is 707. The number of fused-ring (bicyclic) bond motifs is 1. The van der Waals surface area contributed by atoms with E-state index in [2.05, 4.69) is 4.90 Å². The number of phenolic OH excluding ortho intramolecular Hbond substituents is 1. The fourth-order valence-corrected chi connectivity index (χ4v) is 2.62. The average Bonchev–Trinajstić information content (AvgIpc) is 2.51. The maximum absolute atomic E-state index is 12.1. The van der Waals surface area contributed by atoms with Gasteiger partial charge in [-0.15, -0.1) is 12.4 Å². The van der Waals surface area contributed by atoms with E-state index in [-0.39, 0.29) is 23.6 Å². The SMILES string of the molecule is CCc1cc(=O)c2ccc(O)c(CN3CCOCC3)c2o1.Cl. The van der Waals surface area contributed by atoms with Crippen LogP contribution in [0.4, 0.5) is 0 Å². The second-order valence-corrected chi connectivity index (χ2v) is 5.26. The Hall–Kier alpha value is -1.56. The summed E-state index contributed by atoms with van der Waals surface area (Å²) in [5.41, 5.74) is 1.13. The van der Waals surface area contributed by atoms with E-state index >= 15 is 0 Å². The van der Waals surface area contributed by atoms with Crippen LogP contribution in [0, 0.1) is 0 Å². The number of benzene rings is 1. The maximum Gasteiger partial charge on any atom is 0.192 e. The zero-order chi connectivity index (χ0) is 14.8. The molecule has 6 heteroatoms. The van der Waals surface area contributed by atoms with Crippen molar-refractivity contribution in [2.45, 2.75) is 19.9 Å². The zero-order valence-electron chi connectivity index (χ0n) is 12.5. The van der Waals surface area contributed by atoms with Gasteiger partial charge in [-0.1, -0.05) is 6.92 Å². The molecule has 0 spiro atoms. The molecule has 5 nitrogen and oxygen atoms in total. The van der Waals surface area contributed by atoms with E-state index in [9.17, 15) is 9.90 Å². The van der Waals surface area contributed by atoms with Crippen LogP contribution in [-0.2, 0) is 17.7 Å². The van der Waals surface area contributed by atoms with Crippen LogP contribution >= 0.6 is 12.4 Å². The molecule has 3 rings (SSSR count). The third kappa shape index (κ3) is 3.27. The highest BCUT2D eigenvalue weighted by atomic mass is 35.5. The van der Waals surface area contributed by atoms with Gasteiger partial charge in [0.05, 0.1) is 24.2 Å². The molecule has 0 bridgehead atoms. The molecule has 0 unspecified atom stereocenters. The quantitative estimate of drug-likeness (QED) is 0.938. The predicted octanol–water partition coefficient (Wildman–Crippen LogP) is 2.32. The molecule has 0 amide bonds. The molecule has 2 heterocycles. The second-order valence-electron chi connectivity index (χ2n) is 5.26. The summed E-state index contributed by atoms with van der Waals surface area (Å²) in [7, 11) is 0. The Labute approximate surface area is 134 Å². The lowest BCUT2D eigenvalue weighted by atomic mass is 10.1. The van der Waals surface area contributed by atoms with E-state index in [1.165, 1.54) is 6.07 Å². The molecular weight excluding hydrogens is 306 g/mol. The number of nitrogens with zero attached hydrogens (tertiary/aromatic N) is 1. The van der Waals surface area contributed by atoms with Crippen LogP contribution in [0.5, 0.6) is 5.75 Å². The summed E-state index contributed by atoms with van der Waals surface area (Å²) < 4.78 is 11.2. The van der Waals surface area contributed by atoms with Gasteiger partial charge in [0.15, 0.2) is 5.43 Å². The first-order valence-corrected chi connectivity index (χ1v) is 7.26. The molecule has 1 aliphatic rings. The summed E-state index contributed by atoms with van der Waals surface area (Å²) in [4.78, 5) is 14.3. The maximum atomic E-state index is 12.1. The van der Waals surface area contributed by atoms with E-state index in [0.717, 1.165) is 13.1 Å². The zero-order valence-corrected chi connectivity index (χ0v) is 13.3. The molecule has 0 saturated carbocycles. The van der Waals surface area contributed by atoms with Crippen LogP contribution < -0.4 is 5.43 Å². The van der Waals surface area contributed by atoms with Crippen LogP contribution in [-0.4, -0.2) is 36.3 Å². The number of morpholine rings is 1. The van der Waals surface area contributed by atoms with Gasteiger partial charge in [0.25, 0.3) is 0 Å². The van der Waals surface area contributed by atoms with Crippen molar-refractivity contribution >= 4 is 23.4 Å². The van der Waals surface area contributed by atoms with Crippen molar-refractivity contribution in [1.82, 2.24) is 4.90 Å². The third-order valence-electron chi connectivity index (χ3n) is 3.86. The lowest BCUT2D eigenvalue weighted by molar-refractivity contribution is 0.0339. The van der Waals surface area contributed by atoms with Crippen LogP contribution in [0.1, 0.15) is 18.2 Å². The molecule has 1 saturated heterocycles. The topological polar surface area (TPSA) is 62.9 Å². The first-order chi connectivity index (χ1) is 10.2. The second kappa shape index (κ2) is 7.13. The lowest BCUT2D eigenvalue weighted by Gasteiger charge is -2.27. The molecule has 1 aromatic heterocycles. The molecular formula is C16H20ClNO4. The van der Waals surface area contributed by atoms with Crippen molar-refractivity contribution in [3.8, 4) is 5.75 Å². The minimum absolute atomic E-state index is 0. The molecule has 0 aliphatic carbocycles. The minimum Gasteiger partial charge on any atom is -0.507 e. The Morgan fingerprint density at radius 1 is 1.27 bits per heavy atom. The van der Waals surface area contributed by atoms with Crippen molar-refractivity contribution in [1.29, 1.82) is 0 Å².